The van der Waals surface area contributed by atoms with Crippen LogP contribution in [0.2, 0.25) is 0 Å². The van der Waals surface area contributed by atoms with Gasteiger partial charge in [0, 0.05) is 34.1 Å². The highest BCUT2D eigenvalue weighted by Crippen LogP contribution is 2.33. The zero-order valence-electron chi connectivity index (χ0n) is 20.6. The first kappa shape index (κ1) is 24.0. The maximum atomic E-state index is 9.73. The number of benzene rings is 3. The molecule has 0 amide bonds. The number of imidazole rings is 1. The van der Waals surface area contributed by atoms with E-state index in [1.165, 1.54) is 0 Å². The van der Waals surface area contributed by atoms with Gasteiger partial charge >= 0.3 is 0 Å². The lowest BCUT2D eigenvalue weighted by atomic mass is 10.2. The van der Waals surface area contributed by atoms with Crippen molar-refractivity contribution in [3.8, 4) is 0 Å². The van der Waals surface area contributed by atoms with Crippen LogP contribution < -0.4 is 10.6 Å². The van der Waals surface area contributed by atoms with Crippen molar-refractivity contribution in [2.45, 2.75) is 29.5 Å². The van der Waals surface area contributed by atoms with Crippen molar-refractivity contribution in [3.63, 3.8) is 0 Å². The van der Waals surface area contributed by atoms with Crippen LogP contribution in [0.15, 0.2) is 113 Å². The van der Waals surface area contributed by atoms with Crippen LogP contribution in [-0.4, -0.2) is 24.5 Å². The number of aliphatic hydroxyl groups is 1. The van der Waals surface area contributed by atoms with E-state index in [2.05, 4.69) is 27.8 Å². The van der Waals surface area contributed by atoms with Gasteiger partial charge in [-0.05, 0) is 47.5 Å². The average Bonchev–Trinajstić information content (AvgIpc) is 3.39. The summed E-state index contributed by atoms with van der Waals surface area (Å²) in [5, 5.41) is 17.6. The van der Waals surface area contributed by atoms with Crippen LogP contribution in [0, 0.1) is 0 Å². The van der Waals surface area contributed by atoms with Gasteiger partial charge in [0.15, 0.2) is 0 Å². The fourth-order valence-electron chi connectivity index (χ4n) is 4.31. The summed E-state index contributed by atoms with van der Waals surface area (Å²) in [4.78, 5) is 16.4. The Labute approximate surface area is 224 Å². The maximum Gasteiger partial charge on any atom is 0.225 e. The van der Waals surface area contributed by atoms with E-state index in [4.69, 9.17) is 9.97 Å². The van der Waals surface area contributed by atoms with Gasteiger partial charge in [0.05, 0.1) is 24.4 Å². The van der Waals surface area contributed by atoms with Crippen LogP contribution in [0.5, 0.6) is 0 Å². The highest BCUT2D eigenvalue weighted by molar-refractivity contribution is 7.99. The molecule has 0 aliphatic rings. The zero-order chi connectivity index (χ0) is 25.7. The molecule has 6 rings (SSSR count). The topological polar surface area (TPSA) is 87.4 Å². The second kappa shape index (κ2) is 10.9. The van der Waals surface area contributed by atoms with Crippen LogP contribution in [0.25, 0.3) is 16.6 Å². The first-order valence-corrected chi connectivity index (χ1v) is 13.2. The lowest BCUT2D eigenvalue weighted by Crippen LogP contribution is -2.08. The van der Waals surface area contributed by atoms with E-state index in [0.29, 0.717) is 19.0 Å². The number of aromatic nitrogens is 4. The standard InChI is InChI=1S/C30H26N6OS/c37-20-22-10-2-6-14-27(22)38-26-13-5-1-9-21(26)17-32-30-34-25-12-4-3-11-24(25)29(35-30)31-18-23-19-36-16-8-7-15-28(36)33-23/h1-16,19,37H,17-18,20H2,(H2,31,32,34,35). The van der Waals surface area contributed by atoms with Crippen LogP contribution in [-0.2, 0) is 19.7 Å². The van der Waals surface area contributed by atoms with Gasteiger partial charge in [-0.15, -0.1) is 0 Å². The third kappa shape index (κ3) is 5.18. The second-order valence-corrected chi connectivity index (χ2v) is 9.88. The minimum absolute atomic E-state index is 0.0132. The normalized spacial score (nSPS) is 11.2. The largest absolute Gasteiger partial charge is 0.392 e. The Bertz CT molecular complexity index is 1680. The molecule has 3 N–H and O–H groups in total. The number of nitrogens with zero attached hydrogens (tertiary/aromatic N) is 4. The average molecular weight is 519 g/mol. The molecule has 188 valence electrons. The molecule has 0 aliphatic carbocycles. The molecule has 3 aromatic heterocycles. The number of hydrogen-bond donors (Lipinski definition) is 3. The van der Waals surface area contributed by atoms with Crippen molar-refractivity contribution in [3.05, 3.63) is 120 Å². The van der Waals surface area contributed by atoms with Crippen molar-refractivity contribution in [1.82, 2.24) is 19.4 Å². The van der Waals surface area contributed by atoms with Gasteiger partial charge in [0.1, 0.15) is 11.5 Å². The van der Waals surface area contributed by atoms with Crippen molar-refractivity contribution in [1.29, 1.82) is 0 Å². The van der Waals surface area contributed by atoms with Crippen molar-refractivity contribution >= 4 is 40.1 Å². The summed E-state index contributed by atoms with van der Waals surface area (Å²) in [5.74, 6) is 1.31. The minimum atomic E-state index is 0.0132. The van der Waals surface area contributed by atoms with E-state index in [1.54, 1.807) is 11.8 Å². The fraction of sp³-hybridized carbons (Fsp3) is 0.100. The predicted octanol–water partition coefficient (Wildman–Crippen LogP) is 6.15. The molecule has 0 saturated carbocycles. The van der Waals surface area contributed by atoms with E-state index in [0.717, 1.165) is 49.0 Å². The van der Waals surface area contributed by atoms with E-state index < -0.39 is 0 Å². The van der Waals surface area contributed by atoms with Crippen molar-refractivity contribution < 1.29 is 5.11 Å². The Morgan fingerprint density at radius 1 is 0.711 bits per heavy atom. The highest BCUT2D eigenvalue weighted by Gasteiger charge is 2.11. The van der Waals surface area contributed by atoms with Gasteiger partial charge < -0.3 is 20.1 Å². The number of aliphatic hydroxyl groups excluding tert-OH is 1. The molecule has 0 unspecified atom stereocenters. The quantitative estimate of drug-likeness (QED) is 0.212. The molecule has 8 heteroatoms. The lowest BCUT2D eigenvalue weighted by Gasteiger charge is -2.14. The molecule has 0 bridgehead atoms. The maximum absolute atomic E-state index is 9.73. The summed E-state index contributed by atoms with van der Waals surface area (Å²) in [5.41, 5.74) is 4.75. The van der Waals surface area contributed by atoms with E-state index in [9.17, 15) is 5.11 Å². The molecule has 0 saturated heterocycles. The summed E-state index contributed by atoms with van der Waals surface area (Å²) in [6.07, 6.45) is 4.01. The number of anilines is 2. The minimum Gasteiger partial charge on any atom is -0.392 e. The SMILES string of the molecule is OCc1ccccc1Sc1ccccc1CNc1nc(NCc2cn3ccccc3n2)c2ccccc2n1. The molecule has 0 radical (unpaired) electrons. The molecule has 0 fully saturated rings. The molecule has 6 aromatic rings. The smallest absolute Gasteiger partial charge is 0.225 e. The molecule has 0 atom stereocenters. The molecule has 0 spiro atoms. The Morgan fingerprint density at radius 2 is 1.45 bits per heavy atom. The summed E-state index contributed by atoms with van der Waals surface area (Å²) >= 11 is 1.65. The number of pyridine rings is 1. The Morgan fingerprint density at radius 3 is 2.29 bits per heavy atom. The van der Waals surface area contributed by atoms with Gasteiger partial charge in [-0.25, -0.2) is 9.97 Å². The van der Waals surface area contributed by atoms with Gasteiger partial charge in [0.25, 0.3) is 0 Å². The summed E-state index contributed by atoms with van der Waals surface area (Å²) in [6.45, 7) is 1.12. The zero-order valence-corrected chi connectivity index (χ0v) is 21.4. The number of fused-ring (bicyclic) bond motifs is 2. The molecule has 7 nitrogen and oxygen atoms in total. The summed E-state index contributed by atoms with van der Waals surface area (Å²) in [6, 6.07) is 30.1. The number of hydrogen-bond acceptors (Lipinski definition) is 7. The van der Waals surface area contributed by atoms with E-state index in [-0.39, 0.29) is 6.61 Å². The molecular formula is C30H26N6OS. The van der Waals surface area contributed by atoms with Crippen LogP contribution in [0.3, 0.4) is 0 Å². The number of nitrogens with one attached hydrogen (secondary N) is 2. The summed E-state index contributed by atoms with van der Waals surface area (Å²) < 4.78 is 2.01. The monoisotopic (exact) mass is 518 g/mol. The van der Waals surface area contributed by atoms with Crippen LogP contribution in [0.1, 0.15) is 16.8 Å². The second-order valence-electron chi connectivity index (χ2n) is 8.79. The predicted molar refractivity (Wildman–Crippen MR) is 152 cm³/mol. The van der Waals surface area contributed by atoms with Gasteiger partial charge in [-0.3, -0.25) is 0 Å². The van der Waals surface area contributed by atoms with Gasteiger partial charge in [-0.1, -0.05) is 66.4 Å². The van der Waals surface area contributed by atoms with Crippen molar-refractivity contribution in [2.75, 3.05) is 10.6 Å². The lowest BCUT2D eigenvalue weighted by molar-refractivity contribution is 0.279. The number of rotatable bonds is 9. The molecule has 3 heterocycles. The van der Waals surface area contributed by atoms with Crippen LogP contribution in [0.4, 0.5) is 11.8 Å². The summed E-state index contributed by atoms with van der Waals surface area (Å²) in [7, 11) is 0. The third-order valence-corrected chi connectivity index (χ3v) is 7.46. The number of para-hydroxylation sites is 1. The van der Waals surface area contributed by atoms with Gasteiger partial charge in [-0.2, -0.15) is 4.98 Å². The first-order valence-electron chi connectivity index (χ1n) is 12.4. The molecule has 3 aromatic carbocycles. The van der Waals surface area contributed by atoms with E-state index in [1.807, 2.05) is 95.7 Å². The van der Waals surface area contributed by atoms with Gasteiger partial charge in [0.2, 0.25) is 5.95 Å². The highest BCUT2D eigenvalue weighted by atomic mass is 32.2. The molecule has 0 aliphatic heterocycles. The Balaban J connectivity index is 1.23. The Hall–Kier alpha value is -4.40. The molecular weight excluding hydrogens is 492 g/mol. The van der Waals surface area contributed by atoms with Crippen molar-refractivity contribution in [2.24, 2.45) is 0 Å². The van der Waals surface area contributed by atoms with E-state index >= 15 is 0 Å². The first-order chi connectivity index (χ1) is 18.8. The molecule has 38 heavy (non-hydrogen) atoms. The third-order valence-electron chi connectivity index (χ3n) is 6.23. The Kier molecular flexibility index (Phi) is 6.89. The fourth-order valence-corrected chi connectivity index (χ4v) is 5.38. The van der Waals surface area contributed by atoms with Crippen LogP contribution >= 0.6 is 11.8 Å².